The van der Waals surface area contributed by atoms with Crippen LogP contribution in [0.4, 0.5) is 0 Å². The maximum absolute atomic E-state index is 10.2. The van der Waals surface area contributed by atoms with E-state index in [2.05, 4.69) is 0 Å². The lowest BCUT2D eigenvalue weighted by molar-refractivity contribution is -0.111. The third-order valence-electron chi connectivity index (χ3n) is 1.25. The number of alkyl halides is 1. The molecule has 1 rings (SSSR count). The Labute approximate surface area is 58.0 Å². The molecule has 0 aromatic heterocycles. The van der Waals surface area contributed by atoms with Crippen LogP contribution in [0.2, 0.25) is 0 Å². The van der Waals surface area contributed by atoms with Crippen molar-refractivity contribution in [2.24, 2.45) is 0 Å². The molecular formula is C5H6Cl2O. The molecule has 46 valence electrons. The number of halogens is 2. The molecular weight excluding hydrogens is 147 g/mol. The Morgan fingerprint density at radius 3 is 2.25 bits per heavy atom. The Morgan fingerprint density at radius 2 is 2.12 bits per heavy atom. The molecule has 0 bridgehead atoms. The molecule has 0 radical (unpaired) electrons. The number of hydrogen-bond acceptors (Lipinski definition) is 1. The molecule has 0 heterocycles. The summed E-state index contributed by atoms with van der Waals surface area (Å²) >= 11 is 10.8. The van der Waals surface area contributed by atoms with Crippen molar-refractivity contribution >= 4 is 28.4 Å². The third-order valence-corrected chi connectivity index (χ3v) is 1.89. The van der Waals surface area contributed by atoms with Crippen molar-refractivity contribution in [3.8, 4) is 0 Å². The molecule has 8 heavy (non-hydrogen) atoms. The van der Waals surface area contributed by atoms with Crippen molar-refractivity contribution in [2.45, 2.75) is 24.1 Å². The molecule has 1 fully saturated rings. The lowest BCUT2D eigenvalue weighted by Crippen LogP contribution is -2.01. The maximum Gasteiger partial charge on any atom is 0.223 e. The Balaban J connectivity index is 2.29. The molecule has 0 saturated heterocycles. The summed E-state index contributed by atoms with van der Waals surface area (Å²) in [5.74, 6) is 0. The van der Waals surface area contributed by atoms with Gasteiger partial charge in [0.2, 0.25) is 5.24 Å². The van der Waals surface area contributed by atoms with Crippen LogP contribution in [-0.2, 0) is 4.79 Å². The van der Waals surface area contributed by atoms with Crippen molar-refractivity contribution in [2.75, 3.05) is 0 Å². The Morgan fingerprint density at radius 1 is 1.62 bits per heavy atom. The van der Waals surface area contributed by atoms with E-state index >= 15 is 0 Å². The third kappa shape index (κ3) is 1.64. The first-order chi connectivity index (χ1) is 3.62. The molecule has 1 aliphatic rings. The van der Waals surface area contributed by atoms with Crippen molar-refractivity contribution in [3.05, 3.63) is 0 Å². The van der Waals surface area contributed by atoms with E-state index in [0.717, 1.165) is 12.8 Å². The number of carbonyl (C=O) groups excluding carboxylic acids is 1. The summed E-state index contributed by atoms with van der Waals surface area (Å²) in [5, 5.41) is -0.322. The van der Waals surface area contributed by atoms with Gasteiger partial charge in [-0.3, -0.25) is 4.79 Å². The predicted octanol–water partition coefficient (Wildman–Crippen LogP) is 1.91. The van der Waals surface area contributed by atoms with Gasteiger partial charge in [-0.05, 0) is 24.4 Å². The van der Waals surface area contributed by atoms with Gasteiger partial charge in [-0.15, -0.1) is 11.6 Å². The van der Waals surface area contributed by atoms with Gasteiger partial charge in [0.15, 0.2) is 0 Å². The van der Waals surface area contributed by atoms with Crippen LogP contribution < -0.4 is 0 Å². The molecule has 1 aliphatic carbocycles. The standard InChI is InChI=1S/C5H6Cl2O/c6-4(8)3-5(7)1-2-5/h1-3H2. The summed E-state index contributed by atoms with van der Waals surface area (Å²) in [4.78, 5) is 9.94. The minimum atomic E-state index is -0.322. The highest BCUT2D eigenvalue weighted by Crippen LogP contribution is 2.45. The van der Waals surface area contributed by atoms with Crippen LogP contribution in [0.1, 0.15) is 19.3 Å². The lowest BCUT2D eigenvalue weighted by atomic mass is 10.3. The fraction of sp³-hybridized carbons (Fsp3) is 0.800. The lowest BCUT2D eigenvalue weighted by Gasteiger charge is -1.96. The van der Waals surface area contributed by atoms with Crippen LogP contribution in [0, 0.1) is 0 Å². The van der Waals surface area contributed by atoms with Crippen molar-refractivity contribution in [1.29, 1.82) is 0 Å². The van der Waals surface area contributed by atoms with E-state index in [0.29, 0.717) is 6.42 Å². The summed E-state index contributed by atoms with van der Waals surface area (Å²) in [6.07, 6.45) is 2.20. The van der Waals surface area contributed by atoms with E-state index in [1.165, 1.54) is 0 Å². The quantitative estimate of drug-likeness (QED) is 0.437. The topological polar surface area (TPSA) is 17.1 Å². The van der Waals surface area contributed by atoms with Crippen LogP contribution in [0.15, 0.2) is 0 Å². The zero-order valence-electron chi connectivity index (χ0n) is 4.29. The van der Waals surface area contributed by atoms with E-state index in [4.69, 9.17) is 23.2 Å². The predicted molar refractivity (Wildman–Crippen MR) is 33.3 cm³/mol. The molecule has 0 aromatic carbocycles. The van der Waals surface area contributed by atoms with E-state index in [1.54, 1.807) is 0 Å². The van der Waals surface area contributed by atoms with E-state index in [9.17, 15) is 4.79 Å². The minimum Gasteiger partial charge on any atom is -0.281 e. The van der Waals surface area contributed by atoms with Crippen LogP contribution in [-0.4, -0.2) is 10.1 Å². The highest BCUT2D eigenvalue weighted by molar-refractivity contribution is 6.64. The Bertz CT molecular complexity index is 118. The fourth-order valence-corrected chi connectivity index (χ4v) is 1.10. The first-order valence-electron chi connectivity index (χ1n) is 2.50. The van der Waals surface area contributed by atoms with Gasteiger partial charge in [0, 0.05) is 6.42 Å². The normalized spacial score (nSPS) is 22.8. The van der Waals surface area contributed by atoms with Crippen molar-refractivity contribution in [1.82, 2.24) is 0 Å². The van der Waals surface area contributed by atoms with Crippen LogP contribution in [0.5, 0.6) is 0 Å². The number of carbonyl (C=O) groups is 1. The molecule has 0 amide bonds. The summed E-state index contributed by atoms with van der Waals surface area (Å²) in [5.41, 5.74) is 0. The molecule has 0 spiro atoms. The van der Waals surface area contributed by atoms with Gasteiger partial charge in [0.1, 0.15) is 0 Å². The van der Waals surface area contributed by atoms with Crippen LogP contribution >= 0.6 is 23.2 Å². The number of rotatable bonds is 2. The van der Waals surface area contributed by atoms with Gasteiger partial charge < -0.3 is 0 Å². The minimum absolute atomic E-state index is 0.237. The molecule has 3 heteroatoms. The van der Waals surface area contributed by atoms with Gasteiger partial charge in [-0.1, -0.05) is 0 Å². The molecule has 0 unspecified atom stereocenters. The largest absolute Gasteiger partial charge is 0.281 e. The summed E-state index contributed by atoms with van der Waals surface area (Å²) in [6, 6.07) is 0. The van der Waals surface area contributed by atoms with E-state index in [1.807, 2.05) is 0 Å². The highest BCUT2D eigenvalue weighted by Gasteiger charge is 2.41. The second-order valence-corrected chi connectivity index (χ2v) is 3.41. The smallest absolute Gasteiger partial charge is 0.223 e. The molecule has 0 N–H and O–H groups in total. The van der Waals surface area contributed by atoms with Gasteiger partial charge in [-0.2, -0.15) is 0 Å². The van der Waals surface area contributed by atoms with Gasteiger partial charge in [0.25, 0.3) is 0 Å². The molecule has 0 aliphatic heterocycles. The molecule has 1 nitrogen and oxygen atoms in total. The molecule has 0 aromatic rings. The summed E-state index contributed by atoms with van der Waals surface area (Å²) in [6.45, 7) is 0. The molecule has 1 saturated carbocycles. The molecule has 0 atom stereocenters. The van der Waals surface area contributed by atoms with Gasteiger partial charge >= 0.3 is 0 Å². The first-order valence-corrected chi connectivity index (χ1v) is 3.25. The van der Waals surface area contributed by atoms with E-state index in [-0.39, 0.29) is 10.1 Å². The fourth-order valence-electron chi connectivity index (χ4n) is 0.561. The van der Waals surface area contributed by atoms with Gasteiger partial charge in [0.05, 0.1) is 4.87 Å². The first kappa shape index (κ1) is 6.37. The van der Waals surface area contributed by atoms with Crippen LogP contribution in [0.3, 0.4) is 0 Å². The second kappa shape index (κ2) is 1.89. The Hall–Kier alpha value is 0.250. The zero-order valence-corrected chi connectivity index (χ0v) is 5.80. The summed E-state index contributed by atoms with van der Waals surface area (Å²) in [7, 11) is 0. The average molecular weight is 153 g/mol. The SMILES string of the molecule is O=C(Cl)CC1(Cl)CC1. The number of hydrogen-bond donors (Lipinski definition) is 0. The average Bonchev–Trinajstić information content (AvgIpc) is 2.17. The van der Waals surface area contributed by atoms with Crippen molar-refractivity contribution in [3.63, 3.8) is 0 Å². The Kier molecular flexibility index (Phi) is 1.50. The summed E-state index contributed by atoms with van der Waals surface area (Å²) < 4.78 is 0. The van der Waals surface area contributed by atoms with Crippen LogP contribution in [0.25, 0.3) is 0 Å². The van der Waals surface area contributed by atoms with Crippen molar-refractivity contribution < 1.29 is 4.79 Å². The van der Waals surface area contributed by atoms with Gasteiger partial charge in [-0.25, -0.2) is 0 Å². The monoisotopic (exact) mass is 152 g/mol. The zero-order chi connectivity index (χ0) is 6.20. The highest BCUT2D eigenvalue weighted by atomic mass is 35.5. The maximum atomic E-state index is 10.2. The van der Waals surface area contributed by atoms with E-state index < -0.39 is 0 Å². The second-order valence-electron chi connectivity index (χ2n) is 2.18.